The van der Waals surface area contributed by atoms with E-state index in [9.17, 15) is 0 Å². The molecule has 0 aromatic rings. The van der Waals surface area contributed by atoms with E-state index in [0.29, 0.717) is 10.8 Å². The van der Waals surface area contributed by atoms with Crippen molar-refractivity contribution in [1.82, 2.24) is 10.2 Å². The van der Waals surface area contributed by atoms with Crippen molar-refractivity contribution in [1.29, 1.82) is 0 Å². The van der Waals surface area contributed by atoms with Crippen molar-refractivity contribution in [3.8, 4) is 0 Å². The average Bonchev–Trinajstić information content (AvgIpc) is 2.60. The van der Waals surface area contributed by atoms with Gasteiger partial charge in [-0.1, -0.05) is 41.5 Å². The summed E-state index contributed by atoms with van der Waals surface area (Å²) in [4.78, 5) is 2.75. The van der Waals surface area contributed by atoms with Crippen molar-refractivity contribution in [3.05, 3.63) is 0 Å². The molecule has 1 saturated heterocycles. The lowest BCUT2D eigenvalue weighted by Crippen LogP contribution is -2.31. The van der Waals surface area contributed by atoms with Crippen LogP contribution < -0.4 is 5.32 Å². The van der Waals surface area contributed by atoms with Crippen molar-refractivity contribution >= 4 is 0 Å². The van der Waals surface area contributed by atoms with Crippen LogP contribution in [0.1, 0.15) is 48.0 Å². The van der Waals surface area contributed by atoms with Gasteiger partial charge in [0.2, 0.25) is 0 Å². The minimum Gasteiger partial charge on any atom is -0.316 e. The molecule has 2 heteroatoms. The van der Waals surface area contributed by atoms with E-state index in [0.717, 1.165) is 24.4 Å². The molecular formula is C16H32N2. The van der Waals surface area contributed by atoms with Crippen molar-refractivity contribution in [3.63, 3.8) is 0 Å². The molecular weight excluding hydrogens is 220 g/mol. The largest absolute Gasteiger partial charge is 0.316 e. The Hall–Kier alpha value is -0.0800. The van der Waals surface area contributed by atoms with Gasteiger partial charge < -0.3 is 5.32 Å². The van der Waals surface area contributed by atoms with Gasteiger partial charge in [0.05, 0.1) is 0 Å². The first-order valence-electron chi connectivity index (χ1n) is 7.71. The lowest BCUT2D eigenvalue weighted by Gasteiger charge is -2.19. The zero-order valence-corrected chi connectivity index (χ0v) is 13.2. The monoisotopic (exact) mass is 252 g/mol. The van der Waals surface area contributed by atoms with Crippen LogP contribution in [0.4, 0.5) is 0 Å². The highest BCUT2D eigenvalue weighted by Crippen LogP contribution is 2.65. The predicted octanol–water partition coefficient (Wildman–Crippen LogP) is 2.99. The average molecular weight is 252 g/mol. The summed E-state index contributed by atoms with van der Waals surface area (Å²) in [6.45, 7) is 19.3. The maximum absolute atomic E-state index is 3.62. The van der Waals surface area contributed by atoms with E-state index < -0.39 is 0 Å². The van der Waals surface area contributed by atoms with Crippen LogP contribution in [0.2, 0.25) is 0 Å². The lowest BCUT2D eigenvalue weighted by atomic mass is 10.0. The van der Waals surface area contributed by atoms with Gasteiger partial charge in [-0.3, -0.25) is 4.90 Å². The molecule has 1 heterocycles. The molecule has 0 bridgehead atoms. The van der Waals surface area contributed by atoms with E-state index in [1.54, 1.807) is 0 Å². The molecule has 1 aliphatic heterocycles. The van der Waals surface area contributed by atoms with E-state index >= 15 is 0 Å². The first-order valence-corrected chi connectivity index (χ1v) is 7.71. The van der Waals surface area contributed by atoms with Gasteiger partial charge in [-0.25, -0.2) is 0 Å². The summed E-state index contributed by atoms with van der Waals surface area (Å²) in [6, 6.07) is 0.806. The Morgan fingerprint density at radius 2 is 1.78 bits per heavy atom. The fourth-order valence-electron chi connectivity index (χ4n) is 3.91. The Morgan fingerprint density at radius 1 is 1.17 bits per heavy atom. The molecule has 1 N–H and O–H groups in total. The minimum atomic E-state index is 0.507. The number of hydrogen-bond donors (Lipinski definition) is 1. The third kappa shape index (κ3) is 2.46. The van der Waals surface area contributed by atoms with E-state index in [2.05, 4.69) is 51.8 Å². The van der Waals surface area contributed by atoms with Gasteiger partial charge in [-0.2, -0.15) is 0 Å². The Kier molecular flexibility index (Phi) is 3.81. The van der Waals surface area contributed by atoms with Crippen LogP contribution >= 0.6 is 0 Å². The van der Waals surface area contributed by atoms with Gasteiger partial charge in [0, 0.05) is 12.6 Å². The number of likely N-dealkylation sites (tertiary alicyclic amines) is 1. The van der Waals surface area contributed by atoms with E-state index in [4.69, 9.17) is 0 Å². The highest BCUT2D eigenvalue weighted by molar-refractivity contribution is 5.19. The maximum atomic E-state index is 3.62. The normalized spacial score (nSPS) is 31.2. The summed E-state index contributed by atoms with van der Waals surface area (Å²) < 4.78 is 0. The smallest absolute Gasteiger partial charge is 0.0209 e. The van der Waals surface area contributed by atoms with Crippen LogP contribution in [-0.2, 0) is 0 Å². The first-order chi connectivity index (χ1) is 8.26. The molecule has 1 unspecified atom stereocenters. The zero-order valence-electron chi connectivity index (χ0n) is 13.2. The van der Waals surface area contributed by atoms with Crippen LogP contribution in [0.3, 0.4) is 0 Å². The van der Waals surface area contributed by atoms with E-state index in [-0.39, 0.29) is 0 Å². The maximum Gasteiger partial charge on any atom is 0.0209 e. The van der Waals surface area contributed by atoms with Crippen molar-refractivity contribution in [2.75, 3.05) is 26.2 Å². The number of hydrogen-bond acceptors (Lipinski definition) is 2. The van der Waals surface area contributed by atoms with Gasteiger partial charge in [0.15, 0.2) is 0 Å². The Morgan fingerprint density at radius 3 is 2.28 bits per heavy atom. The molecule has 106 valence electrons. The number of nitrogens with zero attached hydrogens (tertiary/aromatic N) is 1. The second kappa shape index (κ2) is 4.79. The van der Waals surface area contributed by atoms with Gasteiger partial charge in [-0.05, 0) is 48.7 Å². The molecule has 2 aliphatic rings. The summed E-state index contributed by atoms with van der Waals surface area (Å²) in [5.74, 6) is 1.64. The summed E-state index contributed by atoms with van der Waals surface area (Å²) in [5, 5.41) is 3.62. The van der Waals surface area contributed by atoms with Crippen LogP contribution in [0, 0.1) is 22.7 Å². The van der Waals surface area contributed by atoms with Crippen LogP contribution in [0.5, 0.6) is 0 Å². The van der Waals surface area contributed by atoms with Gasteiger partial charge in [0.1, 0.15) is 0 Å². The van der Waals surface area contributed by atoms with Gasteiger partial charge in [0.25, 0.3) is 0 Å². The third-order valence-corrected chi connectivity index (χ3v) is 5.61. The molecule has 1 aliphatic carbocycles. The second-order valence-corrected chi connectivity index (χ2v) is 8.05. The highest BCUT2D eigenvalue weighted by atomic mass is 15.2. The minimum absolute atomic E-state index is 0.507. The molecule has 2 fully saturated rings. The summed E-state index contributed by atoms with van der Waals surface area (Å²) in [6.07, 6.45) is 1.38. The second-order valence-electron chi connectivity index (χ2n) is 8.05. The van der Waals surface area contributed by atoms with Crippen LogP contribution in [0.15, 0.2) is 0 Å². The SMILES string of the molecule is CC(C)CNCC1CCN(C2C(C)(C)C2(C)C)C1. The fraction of sp³-hybridized carbons (Fsp3) is 1.00. The molecule has 1 saturated carbocycles. The molecule has 1 atom stereocenters. The Balaban J connectivity index is 1.76. The van der Waals surface area contributed by atoms with Crippen LogP contribution in [-0.4, -0.2) is 37.1 Å². The zero-order chi connectivity index (χ0) is 13.6. The highest BCUT2D eigenvalue weighted by Gasteiger charge is 2.67. The number of rotatable bonds is 5. The molecule has 18 heavy (non-hydrogen) atoms. The predicted molar refractivity (Wildman–Crippen MR) is 78.7 cm³/mol. The summed E-state index contributed by atoms with van der Waals surface area (Å²) in [7, 11) is 0. The molecule has 0 aromatic carbocycles. The number of nitrogens with one attached hydrogen (secondary N) is 1. The van der Waals surface area contributed by atoms with Crippen molar-refractivity contribution in [2.45, 2.75) is 54.0 Å². The topological polar surface area (TPSA) is 15.3 Å². The summed E-state index contributed by atoms with van der Waals surface area (Å²) >= 11 is 0. The third-order valence-electron chi connectivity index (χ3n) is 5.61. The van der Waals surface area contributed by atoms with Crippen molar-refractivity contribution in [2.24, 2.45) is 22.7 Å². The van der Waals surface area contributed by atoms with E-state index in [1.807, 2.05) is 0 Å². The molecule has 0 radical (unpaired) electrons. The Labute approximate surface area is 114 Å². The molecule has 0 spiro atoms. The lowest BCUT2D eigenvalue weighted by molar-refractivity contribution is 0.266. The molecule has 0 amide bonds. The fourth-order valence-corrected chi connectivity index (χ4v) is 3.91. The quantitative estimate of drug-likeness (QED) is 0.809. The molecule has 2 rings (SSSR count). The molecule has 0 aromatic heterocycles. The van der Waals surface area contributed by atoms with Gasteiger partial charge >= 0.3 is 0 Å². The van der Waals surface area contributed by atoms with Crippen molar-refractivity contribution < 1.29 is 0 Å². The van der Waals surface area contributed by atoms with Crippen LogP contribution in [0.25, 0.3) is 0 Å². The summed E-state index contributed by atoms with van der Waals surface area (Å²) in [5.41, 5.74) is 1.01. The standard InChI is InChI=1S/C16H32N2/c1-12(2)9-17-10-13-7-8-18(11-13)14-15(3,4)16(14,5)6/h12-14,17H,7-11H2,1-6H3. The molecule has 2 nitrogen and oxygen atoms in total. The Bertz CT molecular complexity index is 279. The van der Waals surface area contributed by atoms with E-state index in [1.165, 1.54) is 26.1 Å². The van der Waals surface area contributed by atoms with Gasteiger partial charge in [-0.15, -0.1) is 0 Å². The first kappa shape index (κ1) is 14.3.